The summed E-state index contributed by atoms with van der Waals surface area (Å²) in [4.78, 5) is 2.15. The van der Waals surface area contributed by atoms with E-state index in [2.05, 4.69) is 27.8 Å². The molecule has 0 aliphatic carbocycles. The van der Waals surface area contributed by atoms with Crippen LogP contribution in [-0.4, -0.2) is 42.9 Å². The summed E-state index contributed by atoms with van der Waals surface area (Å²) in [7, 11) is 0. The number of nitrogens with zero attached hydrogens (tertiary/aromatic N) is 1. The minimum Gasteiger partial charge on any atom is -0.492 e. The highest BCUT2D eigenvalue weighted by Crippen LogP contribution is 2.15. The third kappa shape index (κ3) is 4.96. The van der Waals surface area contributed by atoms with E-state index in [4.69, 9.17) is 9.84 Å². The molecule has 0 atom stereocenters. The molecule has 0 fully saturated rings. The molecule has 0 aliphatic heterocycles. The lowest BCUT2D eigenvalue weighted by molar-refractivity contribution is 0.174. The van der Waals surface area contributed by atoms with Crippen LogP contribution in [0.1, 0.15) is 6.92 Å². The molecule has 0 aromatic heterocycles. The van der Waals surface area contributed by atoms with E-state index in [-0.39, 0.29) is 6.61 Å². The maximum Gasteiger partial charge on any atom is 0.119 e. The second-order valence-corrected chi connectivity index (χ2v) is 4.38. The lowest BCUT2D eigenvalue weighted by Crippen LogP contribution is -2.30. The first kappa shape index (κ1) is 13.5. The van der Waals surface area contributed by atoms with Gasteiger partial charge in [-0.2, -0.15) is 0 Å². The largest absolute Gasteiger partial charge is 0.492 e. The van der Waals surface area contributed by atoms with Gasteiger partial charge in [0.05, 0.1) is 6.61 Å². The van der Waals surface area contributed by atoms with Crippen LogP contribution in [0.5, 0.6) is 5.75 Å². The fraction of sp³-hybridized carbons (Fsp3) is 0.500. The molecule has 0 amide bonds. The van der Waals surface area contributed by atoms with Gasteiger partial charge in [0, 0.05) is 17.6 Å². The quantitative estimate of drug-likeness (QED) is 0.834. The van der Waals surface area contributed by atoms with Crippen molar-refractivity contribution >= 4 is 15.9 Å². The summed E-state index contributed by atoms with van der Waals surface area (Å²) in [6, 6.07) is 7.79. The van der Waals surface area contributed by atoms with Crippen LogP contribution in [0.15, 0.2) is 28.7 Å². The summed E-state index contributed by atoms with van der Waals surface area (Å²) in [5.41, 5.74) is 0. The monoisotopic (exact) mass is 287 g/mol. The fourth-order valence-corrected chi connectivity index (χ4v) is 1.66. The Kier molecular flexibility index (Phi) is 6.45. The zero-order valence-corrected chi connectivity index (χ0v) is 11.1. The molecule has 1 aromatic carbocycles. The van der Waals surface area contributed by atoms with Crippen molar-refractivity contribution < 1.29 is 9.84 Å². The Morgan fingerprint density at radius 1 is 1.25 bits per heavy atom. The minimum atomic E-state index is 0.201. The number of rotatable bonds is 7. The predicted octanol–water partition coefficient (Wildman–Crippen LogP) is 2.14. The van der Waals surface area contributed by atoms with E-state index >= 15 is 0 Å². The SMILES string of the molecule is CCN(CCO)CCOc1ccc(Br)cc1. The molecule has 1 N–H and O–H groups in total. The van der Waals surface area contributed by atoms with Gasteiger partial charge >= 0.3 is 0 Å². The third-order valence-electron chi connectivity index (χ3n) is 2.35. The van der Waals surface area contributed by atoms with E-state index in [1.165, 1.54) is 0 Å². The van der Waals surface area contributed by atoms with Crippen LogP contribution < -0.4 is 4.74 Å². The van der Waals surface area contributed by atoms with Crippen molar-refractivity contribution in [1.82, 2.24) is 4.90 Å². The molecule has 0 radical (unpaired) electrons. The molecule has 0 spiro atoms. The smallest absolute Gasteiger partial charge is 0.119 e. The molecule has 16 heavy (non-hydrogen) atoms. The molecule has 1 aromatic rings. The summed E-state index contributed by atoms with van der Waals surface area (Å²) >= 11 is 3.38. The number of halogens is 1. The van der Waals surface area contributed by atoms with E-state index in [1.807, 2.05) is 24.3 Å². The Balaban J connectivity index is 2.26. The van der Waals surface area contributed by atoms with Gasteiger partial charge in [-0.05, 0) is 30.8 Å². The highest BCUT2D eigenvalue weighted by atomic mass is 79.9. The maximum absolute atomic E-state index is 8.83. The first-order valence-electron chi connectivity index (χ1n) is 5.48. The van der Waals surface area contributed by atoms with Gasteiger partial charge in [0.1, 0.15) is 12.4 Å². The molecule has 4 heteroatoms. The first-order valence-corrected chi connectivity index (χ1v) is 6.27. The summed E-state index contributed by atoms with van der Waals surface area (Å²) in [6.45, 7) is 5.41. The van der Waals surface area contributed by atoms with E-state index in [9.17, 15) is 0 Å². The van der Waals surface area contributed by atoms with E-state index in [0.717, 1.165) is 23.3 Å². The van der Waals surface area contributed by atoms with Crippen LogP contribution in [0, 0.1) is 0 Å². The lowest BCUT2D eigenvalue weighted by atomic mass is 10.3. The molecule has 0 aliphatic rings. The van der Waals surface area contributed by atoms with Crippen LogP contribution in [0.25, 0.3) is 0 Å². The van der Waals surface area contributed by atoms with E-state index in [1.54, 1.807) is 0 Å². The highest BCUT2D eigenvalue weighted by Gasteiger charge is 2.01. The number of hydrogen-bond acceptors (Lipinski definition) is 3. The second-order valence-electron chi connectivity index (χ2n) is 3.46. The zero-order chi connectivity index (χ0) is 11.8. The van der Waals surface area contributed by atoms with Crippen LogP contribution in [-0.2, 0) is 0 Å². The highest BCUT2D eigenvalue weighted by molar-refractivity contribution is 9.10. The third-order valence-corrected chi connectivity index (χ3v) is 2.88. The van der Waals surface area contributed by atoms with Crippen LogP contribution in [0.3, 0.4) is 0 Å². The van der Waals surface area contributed by atoms with Crippen molar-refractivity contribution in [3.8, 4) is 5.75 Å². The summed E-state index contributed by atoms with van der Waals surface area (Å²) in [5.74, 6) is 0.878. The summed E-state index contributed by atoms with van der Waals surface area (Å²) in [5, 5.41) is 8.83. The van der Waals surface area contributed by atoms with Crippen molar-refractivity contribution in [1.29, 1.82) is 0 Å². The average Bonchev–Trinajstić information content (AvgIpc) is 2.30. The summed E-state index contributed by atoms with van der Waals surface area (Å²) in [6.07, 6.45) is 0. The van der Waals surface area contributed by atoms with E-state index < -0.39 is 0 Å². The second kappa shape index (κ2) is 7.65. The van der Waals surface area contributed by atoms with Gasteiger partial charge in [0.2, 0.25) is 0 Å². The normalized spacial score (nSPS) is 10.8. The predicted molar refractivity (Wildman–Crippen MR) is 68.8 cm³/mol. The summed E-state index contributed by atoms with van der Waals surface area (Å²) < 4.78 is 6.65. The van der Waals surface area contributed by atoms with Crippen LogP contribution in [0.2, 0.25) is 0 Å². The standard InChI is InChI=1S/C12H18BrNO2/c1-2-14(7-9-15)8-10-16-12-5-3-11(13)4-6-12/h3-6,15H,2,7-10H2,1H3. The van der Waals surface area contributed by atoms with Gasteiger partial charge in [-0.25, -0.2) is 0 Å². The molecule has 0 saturated heterocycles. The average molecular weight is 288 g/mol. The molecule has 0 saturated carbocycles. The molecular weight excluding hydrogens is 270 g/mol. The molecule has 3 nitrogen and oxygen atoms in total. The molecular formula is C12H18BrNO2. The van der Waals surface area contributed by atoms with Gasteiger partial charge in [-0.3, -0.25) is 4.90 Å². The van der Waals surface area contributed by atoms with Gasteiger partial charge in [-0.1, -0.05) is 22.9 Å². The van der Waals surface area contributed by atoms with Gasteiger partial charge < -0.3 is 9.84 Å². The maximum atomic E-state index is 8.83. The Morgan fingerprint density at radius 2 is 1.94 bits per heavy atom. The van der Waals surface area contributed by atoms with Crippen molar-refractivity contribution in [3.05, 3.63) is 28.7 Å². The number of hydrogen-bond donors (Lipinski definition) is 1. The Bertz CT molecular complexity index is 290. The Labute approximate surface area is 105 Å². The first-order chi connectivity index (χ1) is 7.76. The number of benzene rings is 1. The van der Waals surface area contributed by atoms with Gasteiger partial charge in [0.15, 0.2) is 0 Å². The topological polar surface area (TPSA) is 32.7 Å². The van der Waals surface area contributed by atoms with Crippen molar-refractivity contribution in [2.75, 3.05) is 32.8 Å². The number of aliphatic hydroxyl groups excluding tert-OH is 1. The van der Waals surface area contributed by atoms with Crippen LogP contribution >= 0.6 is 15.9 Å². The molecule has 1 rings (SSSR count). The number of aliphatic hydroxyl groups is 1. The molecule has 0 heterocycles. The fourth-order valence-electron chi connectivity index (χ4n) is 1.39. The van der Waals surface area contributed by atoms with Gasteiger partial charge in [-0.15, -0.1) is 0 Å². The van der Waals surface area contributed by atoms with Crippen molar-refractivity contribution in [2.45, 2.75) is 6.92 Å². The van der Waals surface area contributed by atoms with Crippen molar-refractivity contribution in [2.24, 2.45) is 0 Å². The van der Waals surface area contributed by atoms with Crippen molar-refractivity contribution in [3.63, 3.8) is 0 Å². The Hall–Kier alpha value is -0.580. The molecule has 90 valence electrons. The zero-order valence-electron chi connectivity index (χ0n) is 9.53. The molecule has 0 bridgehead atoms. The minimum absolute atomic E-state index is 0.201. The van der Waals surface area contributed by atoms with Crippen LogP contribution in [0.4, 0.5) is 0 Å². The molecule has 0 unspecified atom stereocenters. The number of likely N-dealkylation sites (N-methyl/N-ethyl adjacent to an activating group) is 1. The number of ether oxygens (including phenoxy) is 1. The van der Waals surface area contributed by atoms with Gasteiger partial charge in [0.25, 0.3) is 0 Å². The van der Waals surface area contributed by atoms with E-state index in [0.29, 0.717) is 13.2 Å². The lowest BCUT2D eigenvalue weighted by Gasteiger charge is -2.19. The Morgan fingerprint density at radius 3 is 2.50 bits per heavy atom.